The molecule has 0 atom stereocenters. The molecule has 3 aromatic carbocycles. The van der Waals surface area contributed by atoms with Crippen LogP contribution in [0.5, 0.6) is 11.5 Å². The monoisotopic (exact) mass is 445 g/mol. The van der Waals surface area contributed by atoms with E-state index in [0.29, 0.717) is 23.6 Å². The number of aromatic carboxylic acids is 1. The molecule has 6 nitrogen and oxygen atoms in total. The molecule has 0 fully saturated rings. The van der Waals surface area contributed by atoms with Gasteiger partial charge in [-0.1, -0.05) is 38.3 Å². The predicted molar refractivity (Wildman–Crippen MR) is 128 cm³/mol. The molecule has 6 heteroatoms. The number of hydrogen-bond acceptors (Lipinski definition) is 5. The molecule has 3 rings (SSSR count). The minimum Gasteiger partial charge on any atom is -0.494 e. The van der Waals surface area contributed by atoms with Gasteiger partial charge in [-0.15, -0.1) is 0 Å². The third-order valence-electron chi connectivity index (χ3n) is 4.92. The van der Waals surface area contributed by atoms with Gasteiger partial charge < -0.3 is 14.6 Å². The molecule has 33 heavy (non-hydrogen) atoms. The summed E-state index contributed by atoms with van der Waals surface area (Å²) in [5.41, 5.74) is 2.13. The lowest BCUT2D eigenvalue weighted by Gasteiger charge is -2.07. The molecule has 0 saturated carbocycles. The lowest BCUT2D eigenvalue weighted by molar-refractivity contribution is 0.0694. The summed E-state index contributed by atoms with van der Waals surface area (Å²) >= 11 is 0. The first-order valence-electron chi connectivity index (χ1n) is 11.0. The summed E-state index contributed by atoms with van der Waals surface area (Å²) in [6.07, 6.45) is 6.22. The van der Waals surface area contributed by atoms with E-state index in [-0.39, 0.29) is 5.56 Å². The Balaban J connectivity index is 1.50. The number of ether oxygens (including phenoxy) is 2. The summed E-state index contributed by atoms with van der Waals surface area (Å²) < 4.78 is 11.1. The Morgan fingerprint density at radius 2 is 1.45 bits per heavy atom. The van der Waals surface area contributed by atoms with E-state index in [1.54, 1.807) is 66.9 Å². The van der Waals surface area contributed by atoms with E-state index in [9.17, 15) is 9.59 Å². The minimum atomic E-state index is -0.967. The molecule has 0 saturated heterocycles. The first-order valence-corrected chi connectivity index (χ1v) is 11.0. The summed E-state index contributed by atoms with van der Waals surface area (Å²) in [6.45, 7) is 2.85. The van der Waals surface area contributed by atoms with Crippen LogP contribution in [-0.4, -0.2) is 29.9 Å². The van der Waals surface area contributed by atoms with Gasteiger partial charge in [-0.3, -0.25) is 4.99 Å². The Morgan fingerprint density at radius 1 is 0.818 bits per heavy atom. The van der Waals surface area contributed by atoms with Gasteiger partial charge in [0, 0.05) is 6.21 Å². The minimum absolute atomic E-state index is 0.225. The first kappa shape index (κ1) is 23.7. The van der Waals surface area contributed by atoms with E-state index in [1.165, 1.54) is 25.0 Å². The van der Waals surface area contributed by atoms with Gasteiger partial charge in [-0.2, -0.15) is 0 Å². The van der Waals surface area contributed by atoms with Crippen LogP contribution in [0.3, 0.4) is 0 Å². The molecule has 0 aliphatic heterocycles. The first-order chi connectivity index (χ1) is 16.0. The van der Waals surface area contributed by atoms with E-state index < -0.39 is 11.9 Å². The largest absolute Gasteiger partial charge is 0.494 e. The third-order valence-corrected chi connectivity index (χ3v) is 4.92. The summed E-state index contributed by atoms with van der Waals surface area (Å²) in [5.74, 6) is -0.256. The quantitative estimate of drug-likeness (QED) is 0.162. The van der Waals surface area contributed by atoms with Crippen LogP contribution < -0.4 is 9.47 Å². The van der Waals surface area contributed by atoms with Crippen LogP contribution in [0.1, 0.15) is 58.9 Å². The van der Waals surface area contributed by atoms with Crippen molar-refractivity contribution < 1.29 is 24.2 Å². The second-order valence-corrected chi connectivity index (χ2v) is 7.50. The number of hydrogen-bond donors (Lipinski definition) is 1. The normalized spacial score (nSPS) is 10.8. The highest BCUT2D eigenvalue weighted by Crippen LogP contribution is 2.20. The lowest BCUT2D eigenvalue weighted by Crippen LogP contribution is -2.08. The third kappa shape index (κ3) is 7.61. The summed E-state index contributed by atoms with van der Waals surface area (Å²) in [6, 6.07) is 20.2. The molecular formula is C27H27NO5. The molecule has 0 heterocycles. The highest BCUT2D eigenvalue weighted by Gasteiger charge is 2.09. The second kappa shape index (κ2) is 12.2. The average molecular weight is 446 g/mol. The molecule has 1 N–H and O–H groups in total. The summed E-state index contributed by atoms with van der Waals surface area (Å²) in [4.78, 5) is 27.6. The van der Waals surface area contributed by atoms with E-state index in [1.807, 2.05) is 0 Å². The van der Waals surface area contributed by atoms with E-state index in [2.05, 4.69) is 11.9 Å². The Bertz CT molecular complexity index is 1070. The Labute approximate surface area is 193 Å². The number of nitrogens with zero attached hydrogens (tertiary/aromatic N) is 1. The zero-order chi connectivity index (χ0) is 23.5. The molecule has 0 spiro atoms. The predicted octanol–water partition coefficient (Wildman–Crippen LogP) is 6.31. The van der Waals surface area contributed by atoms with Gasteiger partial charge in [0.15, 0.2) is 0 Å². The summed E-state index contributed by atoms with van der Waals surface area (Å²) in [5, 5.41) is 8.94. The van der Waals surface area contributed by atoms with Crippen LogP contribution in [0.25, 0.3) is 0 Å². The molecule has 0 bridgehead atoms. The average Bonchev–Trinajstić information content (AvgIpc) is 2.84. The maximum atomic E-state index is 12.4. The van der Waals surface area contributed by atoms with Gasteiger partial charge >= 0.3 is 11.9 Å². The smallest absolute Gasteiger partial charge is 0.343 e. The molecule has 170 valence electrons. The molecule has 3 aromatic rings. The van der Waals surface area contributed by atoms with Crippen molar-refractivity contribution >= 4 is 23.8 Å². The van der Waals surface area contributed by atoms with Gasteiger partial charge in [-0.25, -0.2) is 9.59 Å². The van der Waals surface area contributed by atoms with Gasteiger partial charge in [0.25, 0.3) is 0 Å². The number of esters is 1. The maximum absolute atomic E-state index is 12.4. The van der Waals surface area contributed by atoms with Crippen molar-refractivity contribution in [2.45, 2.75) is 32.6 Å². The van der Waals surface area contributed by atoms with Crippen LogP contribution in [0.2, 0.25) is 0 Å². The highest BCUT2D eigenvalue weighted by molar-refractivity contribution is 5.91. The lowest BCUT2D eigenvalue weighted by atomic mass is 10.1. The molecule has 0 radical (unpaired) electrons. The van der Waals surface area contributed by atoms with Crippen molar-refractivity contribution in [2.75, 3.05) is 6.61 Å². The number of unbranched alkanes of at least 4 members (excludes halogenated alkanes) is 3. The molecule has 0 amide bonds. The summed E-state index contributed by atoms with van der Waals surface area (Å²) in [7, 11) is 0. The number of carboxylic acid groups (broad SMARTS) is 1. The second-order valence-electron chi connectivity index (χ2n) is 7.50. The number of carbonyl (C=O) groups is 2. The zero-order valence-electron chi connectivity index (χ0n) is 18.6. The van der Waals surface area contributed by atoms with Gasteiger partial charge in [0.1, 0.15) is 11.5 Å². The number of aliphatic imine (C=N–C) groups is 1. The van der Waals surface area contributed by atoms with Crippen LogP contribution in [0.4, 0.5) is 5.69 Å². The van der Waals surface area contributed by atoms with Crippen LogP contribution in [0, 0.1) is 0 Å². The maximum Gasteiger partial charge on any atom is 0.343 e. The topological polar surface area (TPSA) is 85.2 Å². The number of benzene rings is 3. The number of carboxylic acids is 1. The number of carbonyl (C=O) groups excluding carboxylic acids is 1. The SMILES string of the molecule is CCCCCCOc1ccc(C(=O)Oc2ccc(N=Cc3ccc(C(=O)O)cc3)cc2)cc1. The van der Waals surface area contributed by atoms with E-state index >= 15 is 0 Å². The molecule has 0 aliphatic rings. The van der Waals surface area contributed by atoms with Gasteiger partial charge in [0.2, 0.25) is 0 Å². The fourth-order valence-corrected chi connectivity index (χ4v) is 3.03. The van der Waals surface area contributed by atoms with Crippen LogP contribution in [0.15, 0.2) is 77.8 Å². The fourth-order valence-electron chi connectivity index (χ4n) is 3.03. The van der Waals surface area contributed by atoms with E-state index in [4.69, 9.17) is 14.6 Å². The van der Waals surface area contributed by atoms with Crippen molar-refractivity contribution in [3.63, 3.8) is 0 Å². The van der Waals surface area contributed by atoms with Crippen LogP contribution in [-0.2, 0) is 0 Å². The molecule has 0 aliphatic carbocycles. The Hall–Kier alpha value is -3.93. The van der Waals surface area contributed by atoms with Crippen molar-refractivity contribution in [2.24, 2.45) is 4.99 Å². The standard InChI is InChI=1S/C27H27NO5/c1-2-3-4-5-18-32-24-14-10-22(11-15-24)27(31)33-25-16-12-23(13-17-25)28-19-20-6-8-21(9-7-20)26(29)30/h6-17,19H,2-5,18H2,1H3,(H,29,30). The molecule has 0 unspecified atom stereocenters. The van der Waals surface area contributed by atoms with Crippen LogP contribution >= 0.6 is 0 Å². The van der Waals surface area contributed by atoms with Gasteiger partial charge in [-0.05, 0) is 72.6 Å². The highest BCUT2D eigenvalue weighted by atomic mass is 16.5. The molecule has 0 aromatic heterocycles. The fraction of sp³-hybridized carbons (Fsp3) is 0.222. The van der Waals surface area contributed by atoms with Crippen molar-refractivity contribution in [3.05, 3.63) is 89.5 Å². The van der Waals surface area contributed by atoms with Crippen molar-refractivity contribution in [1.29, 1.82) is 0 Å². The van der Waals surface area contributed by atoms with E-state index in [0.717, 1.165) is 24.2 Å². The molecular weight excluding hydrogens is 418 g/mol. The zero-order valence-corrected chi connectivity index (χ0v) is 18.6. The number of rotatable bonds is 11. The van der Waals surface area contributed by atoms with Crippen molar-refractivity contribution in [1.82, 2.24) is 0 Å². The Kier molecular flexibility index (Phi) is 8.77. The Morgan fingerprint density at radius 3 is 2.09 bits per heavy atom. The van der Waals surface area contributed by atoms with Crippen molar-refractivity contribution in [3.8, 4) is 11.5 Å². The van der Waals surface area contributed by atoms with Gasteiger partial charge in [0.05, 0.1) is 23.4 Å².